The summed E-state index contributed by atoms with van der Waals surface area (Å²) in [7, 11) is 19.6. The van der Waals surface area contributed by atoms with E-state index in [-0.39, 0.29) is 23.7 Å². The van der Waals surface area contributed by atoms with Crippen LogP contribution in [0.2, 0.25) is 44.4 Å². The molecule has 522 valence electrons. The molecule has 8 atom stereocenters. The third kappa shape index (κ3) is 7.95. The van der Waals surface area contributed by atoms with Gasteiger partial charge in [0.05, 0.1) is 0 Å². The van der Waals surface area contributed by atoms with Crippen LogP contribution in [0.25, 0.3) is 0 Å². The topological polar surface area (TPSA) is 0 Å². The Balaban J connectivity index is 1.04. The molecule has 4 aromatic carbocycles. The standard InChI is InChI=1S/2C45H54Cl2Si.2ClH.Hf/c2*1-4-28-26-40-32(34-22-24-42(46)36-18-10-6-14-30(34)36)16-8-12-20-38(40)44(28)48(3)45-29(5-2)27-41-33(17-9-13-21-39(41)45)35-23-25-43(47)37-19-11-7-15-31(35)37;;;/h2*22-27,32-33,48H,4-21H2,1-3H3;2*1H;/q;;;;+2/p-2. The molecule has 2 heterocycles. The van der Waals surface area contributed by atoms with Gasteiger partial charge in [0.15, 0.2) is 0 Å². The molecule has 0 radical (unpaired) electrons. The van der Waals surface area contributed by atoms with Crippen molar-refractivity contribution in [3.05, 3.63) is 227 Å². The van der Waals surface area contributed by atoms with Crippen LogP contribution in [0.15, 0.2) is 140 Å². The molecule has 2 saturated heterocycles. The molecule has 12 aliphatic carbocycles. The summed E-state index contributed by atoms with van der Waals surface area (Å²) in [6.07, 6.45) is 53.3. The molecule has 0 bridgehead atoms. The van der Waals surface area contributed by atoms with Crippen LogP contribution in [0, 0.1) is 0 Å². The van der Waals surface area contributed by atoms with Gasteiger partial charge in [0, 0.05) is 0 Å². The Morgan fingerprint density at radius 1 is 0.303 bits per heavy atom. The minimum absolute atomic E-state index is 0.282. The molecule has 9 heteroatoms. The molecule has 4 aromatic rings. The SMILES string of the molecule is CCC1=CC2=C(CCCCC2c2ccc(Cl)c3c2CCCC3)[C]12[SiH](C)[C]1(C(CC)=CC3=C1CCCCC3c1ccc(Cl)c3c1CCCC3)[Hf]21([Cl])([Cl])[C]2(C(CC)=CC3=C2CCCCC3c2ccc(Cl)c3c2CCCC3)[SiH](C)[C]12C(CC)=CC1=C2CCCCC1c1ccc(Cl)c2c1CCCC2. The van der Waals surface area contributed by atoms with Crippen LogP contribution in [-0.2, 0) is 66.0 Å². The first-order chi connectivity index (χ1) is 48.1. The quantitative estimate of drug-likeness (QED) is 0.154. The summed E-state index contributed by atoms with van der Waals surface area (Å²) in [5, 5.41) is 3.94. The summed E-state index contributed by atoms with van der Waals surface area (Å²) in [6.45, 7) is 16.5. The summed E-state index contributed by atoms with van der Waals surface area (Å²) in [6, 6.07) is 19.5. The molecule has 5 spiro atoms. The molecule has 14 aliphatic rings. The fraction of sp³-hybridized carbons (Fsp3) is 0.556. The van der Waals surface area contributed by atoms with Crippen LogP contribution in [0.5, 0.6) is 0 Å². The molecule has 0 saturated carbocycles. The Kier molecular flexibility index (Phi) is 17.1. The van der Waals surface area contributed by atoms with E-state index in [9.17, 15) is 17.2 Å². The van der Waals surface area contributed by atoms with Crippen molar-refractivity contribution < 1.29 is 14.7 Å². The first-order valence-corrected chi connectivity index (χ1v) is 63.0. The minimum atomic E-state index is -7.77. The Hall–Kier alpha value is -2.16. The number of benzene rings is 4. The van der Waals surface area contributed by atoms with Gasteiger partial charge in [-0.15, -0.1) is 0 Å². The third-order valence-electron chi connectivity index (χ3n) is 32.1. The van der Waals surface area contributed by atoms with Crippen molar-refractivity contribution in [1.29, 1.82) is 0 Å². The van der Waals surface area contributed by atoms with Gasteiger partial charge in [-0.05, 0) is 0 Å². The molecule has 18 rings (SSSR count). The van der Waals surface area contributed by atoms with E-state index >= 15 is 0 Å². The number of fused-ring (bicyclic) bond motifs is 12. The molecular weight excluding hydrogens is 1530 g/mol. The maximum absolute atomic E-state index is 12.2. The van der Waals surface area contributed by atoms with Gasteiger partial charge >= 0.3 is 629 Å². The van der Waals surface area contributed by atoms with Gasteiger partial charge in [-0.1, -0.05) is 0 Å². The predicted octanol–water partition coefficient (Wildman–Crippen LogP) is 28.2. The third-order valence-corrected chi connectivity index (χ3v) is 150. The summed E-state index contributed by atoms with van der Waals surface area (Å²) in [5.74, 6) is 1.13. The molecule has 0 nitrogen and oxygen atoms in total. The van der Waals surface area contributed by atoms with Crippen molar-refractivity contribution in [2.75, 3.05) is 0 Å². The van der Waals surface area contributed by atoms with Gasteiger partial charge in [-0.3, -0.25) is 0 Å². The summed E-state index contributed by atoms with van der Waals surface area (Å²) >= 11 is 22.0. The van der Waals surface area contributed by atoms with Crippen molar-refractivity contribution in [2.24, 2.45) is 0 Å². The fourth-order valence-corrected chi connectivity index (χ4v) is 204. The molecule has 2 fully saturated rings. The second kappa shape index (κ2) is 24.7. The monoisotopic (exact) mass is 1630 g/mol. The number of hydrogen-bond acceptors (Lipinski definition) is 0. The van der Waals surface area contributed by atoms with Gasteiger partial charge in [0.2, 0.25) is 0 Å². The molecule has 8 unspecified atom stereocenters. The zero-order chi connectivity index (χ0) is 68.0. The molecule has 0 aromatic heterocycles. The number of halogens is 6. The van der Waals surface area contributed by atoms with Crippen LogP contribution in [0.3, 0.4) is 0 Å². The Labute approximate surface area is 623 Å². The van der Waals surface area contributed by atoms with Gasteiger partial charge in [-0.25, -0.2) is 0 Å². The van der Waals surface area contributed by atoms with Crippen LogP contribution in [0.4, 0.5) is 0 Å². The van der Waals surface area contributed by atoms with E-state index in [1.807, 2.05) is 0 Å². The molecule has 99 heavy (non-hydrogen) atoms. The molecule has 0 amide bonds. The summed E-state index contributed by atoms with van der Waals surface area (Å²) in [4.78, 5) is 0. The van der Waals surface area contributed by atoms with Crippen LogP contribution < -0.4 is 0 Å². The summed E-state index contributed by atoms with van der Waals surface area (Å²) < 4.78 is -1.70. The van der Waals surface area contributed by atoms with E-state index in [1.165, 1.54) is 151 Å². The average molecular weight is 1640 g/mol. The van der Waals surface area contributed by atoms with Crippen molar-refractivity contribution in [1.82, 2.24) is 0 Å². The van der Waals surface area contributed by atoms with Gasteiger partial charge in [0.1, 0.15) is 0 Å². The Morgan fingerprint density at radius 2 is 0.505 bits per heavy atom. The number of allylic oxidation sites excluding steroid dienone is 16. The second-order valence-corrected chi connectivity index (χ2v) is 90.5. The number of hydrogen-bond donors (Lipinski definition) is 0. The van der Waals surface area contributed by atoms with Crippen LogP contribution in [-0.4, -0.2) is 17.6 Å². The molecular formula is C90H108Cl6HfSi2. The zero-order valence-corrected chi connectivity index (χ0v) is 71.1. The Morgan fingerprint density at radius 3 is 0.717 bits per heavy atom. The first kappa shape index (κ1) is 68.6. The van der Waals surface area contributed by atoms with Crippen molar-refractivity contribution in [3.63, 3.8) is 0 Å². The van der Waals surface area contributed by atoms with Crippen molar-refractivity contribution >= 4 is 81.2 Å². The van der Waals surface area contributed by atoms with Gasteiger partial charge in [0.25, 0.3) is 0 Å². The van der Waals surface area contributed by atoms with Gasteiger partial charge in [-0.2, -0.15) is 0 Å². The van der Waals surface area contributed by atoms with Crippen molar-refractivity contribution in [2.45, 2.75) is 307 Å². The van der Waals surface area contributed by atoms with E-state index in [2.05, 4.69) is 114 Å². The van der Waals surface area contributed by atoms with E-state index < -0.39 is 43.4 Å². The average Bonchev–Trinajstić information content (AvgIpc) is 1.52. The van der Waals surface area contributed by atoms with E-state index in [0.29, 0.717) is 0 Å². The normalized spacial score (nSPS) is 34.4. The van der Waals surface area contributed by atoms with E-state index in [1.54, 1.807) is 111 Å². The Bertz CT molecular complexity index is 3900. The van der Waals surface area contributed by atoms with Crippen LogP contribution in [0.1, 0.15) is 298 Å². The van der Waals surface area contributed by atoms with E-state index in [4.69, 9.17) is 46.4 Å². The fourth-order valence-electron chi connectivity index (χ4n) is 29.9. The van der Waals surface area contributed by atoms with Crippen molar-refractivity contribution in [3.8, 4) is 0 Å². The summed E-state index contributed by atoms with van der Waals surface area (Å²) in [5.41, 5.74) is 39.2. The molecule has 2 aliphatic heterocycles. The van der Waals surface area contributed by atoms with Gasteiger partial charge < -0.3 is 0 Å². The van der Waals surface area contributed by atoms with Crippen LogP contribution >= 0.6 is 63.6 Å². The predicted molar refractivity (Wildman–Crippen MR) is 427 cm³/mol. The van der Waals surface area contributed by atoms with E-state index in [0.717, 1.165) is 123 Å². The molecule has 0 N–H and O–H groups in total. The number of rotatable bonds is 8. The maximum atomic E-state index is 12.2. The second-order valence-electron chi connectivity index (χ2n) is 34.5. The zero-order valence-electron chi connectivity index (χ0n) is 60.6. The first-order valence-electron chi connectivity index (χ1n) is 40.8.